The van der Waals surface area contributed by atoms with Crippen LogP contribution < -0.4 is 5.73 Å². The van der Waals surface area contributed by atoms with E-state index in [1.54, 1.807) is 10.8 Å². The van der Waals surface area contributed by atoms with E-state index >= 15 is 0 Å². The number of rotatable bonds is 3. The molecule has 5 nitrogen and oxygen atoms in total. The van der Waals surface area contributed by atoms with Crippen LogP contribution in [-0.4, -0.2) is 20.4 Å². The Morgan fingerprint density at radius 3 is 2.83 bits per heavy atom. The van der Waals surface area contributed by atoms with Gasteiger partial charge in [-0.3, -0.25) is 9.36 Å². The number of nitrogens with one attached hydrogen (secondary N) is 1. The highest BCUT2D eigenvalue weighted by molar-refractivity contribution is 9.10. The summed E-state index contributed by atoms with van der Waals surface area (Å²) in [6.07, 6.45) is 1.67. The maximum atomic E-state index is 11.6. The first-order valence-corrected chi connectivity index (χ1v) is 6.67. The van der Waals surface area contributed by atoms with Crippen LogP contribution in [0.2, 0.25) is 0 Å². The molecule has 0 aliphatic carbocycles. The lowest BCUT2D eigenvalue weighted by molar-refractivity contribution is -0.122. The number of imidazole rings is 1. The molecule has 0 aromatic carbocycles. The molecular formula is C11H13BrN4OS. The van der Waals surface area contributed by atoms with Crippen molar-refractivity contribution in [2.45, 2.75) is 19.9 Å². The number of aromatic amines is 1. The zero-order valence-corrected chi connectivity index (χ0v) is 12.4. The Morgan fingerprint density at radius 1 is 1.61 bits per heavy atom. The van der Waals surface area contributed by atoms with Gasteiger partial charge in [-0.2, -0.15) is 0 Å². The molecule has 96 valence electrons. The van der Waals surface area contributed by atoms with Crippen LogP contribution in [-0.2, 0) is 4.79 Å². The molecule has 2 rings (SSSR count). The predicted molar refractivity (Wildman–Crippen MR) is 75.7 cm³/mol. The first-order valence-electron chi connectivity index (χ1n) is 5.47. The number of aromatic nitrogens is 3. The number of amides is 1. The molecule has 3 N–H and O–H groups in total. The van der Waals surface area contributed by atoms with Gasteiger partial charge in [0.15, 0.2) is 10.4 Å². The average Bonchev–Trinajstić information content (AvgIpc) is 2.54. The number of pyridine rings is 1. The first kappa shape index (κ1) is 13.2. The van der Waals surface area contributed by atoms with Crippen molar-refractivity contribution in [2.75, 3.05) is 0 Å². The summed E-state index contributed by atoms with van der Waals surface area (Å²) < 4.78 is 2.98. The Bertz CT molecular complexity index is 661. The highest BCUT2D eigenvalue weighted by atomic mass is 79.9. The molecule has 0 saturated heterocycles. The molecular weight excluding hydrogens is 316 g/mol. The second-order valence-corrected chi connectivity index (χ2v) is 5.72. The number of hydrogen-bond donors (Lipinski definition) is 2. The minimum absolute atomic E-state index is 0.0404. The predicted octanol–water partition coefficient (Wildman–Crippen LogP) is 2.54. The van der Waals surface area contributed by atoms with Gasteiger partial charge in [0.05, 0.1) is 5.52 Å². The highest BCUT2D eigenvalue weighted by Gasteiger charge is 2.24. The van der Waals surface area contributed by atoms with Crippen molar-refractivity contribution in [2.24, 2.45) is 11.7 Å². The maximum Gasteiger partial charge on any atom is 0.240 e. The number of carbonyl (C=O) groups excluding carboxylic acids is 1. The van der Waals surface area contributed by atoms with E-state index in [1.165, 1.54) is 0 Å². The summed E-state index contributed by atoms with van der Waals surface area (Å²) in [7, 11) is 0. The lowest BCUT2D eigenvalue weighted by Crippen LogP contribution is -2.30. The standard InChI is InChI=1S/C11H13BrN4OS/c1-5(2)8(9(13)17)16-10-7(15-11(16)18)3-6(12)4-14-10/h3-5,8H,1-2H3,(H2,13,17)(H,15,18). The van der Waals surface area contributed by atoms with Crippen molar-refractivity contribution < 1.29 is 4.79 Å². The summed E-state index contributed by atoms with van der Waals surface area (Å²) in [6, 6.07) is 1.37. The van der Waals surface area contributed by atoms with Crippen LogP contribution in [0.25, 0.3) is 11.2 Å². The molecule has 1 atom stereocenters. The third-order valence-corrected chi connectivity index (χ3v) is 3.46. The molecule has 1 unspecified atom stereocenters. The lowest BCUT2D eigenvalue weighted by atomic mass is 10.0. The van der Waals surface area contributed by atoms with Crippen LogP contribution in [0.15, 0.2) is 16.7 Å². The monoisotopic (exact) mass is 328 g/mol. The fourth-order valence-corrected chi connectivity index (χ4v) is 2.64. The van der Waals surface area contributed by atoms with Crippen molar-refractivity contribution in [3.63, 3.8) is 0 Å². The largest absolute Gasteiger partial charge is 0.368 e. The van der Waals surface area contributed by atoms with E-state index in [1.807, 2.05) is 19.9 Å². The highest BCUT2D eigenvalue weighted by Crippen LogP contribution is 2.24. The van der Waals surface area contributed by atoms with Gasteiger partial charge in [0, 0.05) is 10.7 Å². The molecule has 0 fully saturated rings. The van der Waals surface area contributed by atoms with Gasteiger partial charge in [-0.05, 0) is 40.1 Å². The van der Waals surface area contributed by atoms with Gasteiger partial charge in [0.25, 0.3) is 0 Å². The zero-order valence-electron chi connectivity index (χ0n) is 9.98. The fraction of sp³-hybridized carbons (Fsp3) is 0.364. The Hall–Kier alpha value is -1.21. The van der Waals surface area contributed by atoms with Gasteiger partial charge in [0.2, 0.25) is 5.91 Å². The van der Waals surface area contributed by atoms with E-state index in [0.29, 0.717) is 10.4 Å². The second-order valence-electron chi connectivity index (χ2n) is 4.42. The summed E-state index contributed by atoms with van der Waals surface area (Å²) in [5, 5.41) is 0. The van der Waals surface area contributed by atoms with Crippen LogP contribution in [0.1, 0.15) is 19.9 Å². The van der Waals surface area contributed by atoms with E-state index in [4.69, 9.17) is 18.0 Å². The average molecular weight is 329 g/mol. The molecule has 2 heterocycles. The third-order valence-electron chi connectivity index (χ3n) is 2.72. The second kappa shape index (κ2) is 4.81. The van der Waals surface area contributed by atoms with Gasteiger partial charge in [0.1, 0.15) is 6.04 Å². The minimum atomic E-state index is -0.500. The Labute approximate surface area is 118 Å². The molecule has 0 bridgehead atoms. The van der Waals surface area contributed by atoms with Gasteiger partial charge in [-0.1, -0.05) is 13.8 Å². The molecule has 0 aliphatic heterocycles. The zero-order chi connectivity index (χ0) is 13.4. The topological polar surface area (TPSA) is 76.7 Å². The van der Waals surface area contributed by atoms with E-state index in [0.717, 1.165) is 9.99 Å². The van der Waals surface area contributed by atoms with Crippen LogP contribution in [0.3, 0.4) is 0 Å². The Balaban J connectivity index is 2.73. The molecule has 1 amide bonds. The fourth-order valence-electron chi connectivity index (χ4n) is 2.00. The number of primary amides is 1. The van der Waals surface area contributed by atoms with E-state index in [-0.39, 0.29) is 5.92 Å². The smallest absolute Gasteiger partial charge is 0.240 e. The molecule has 0 spiro atoms. The number of nitrogens with two attached hydrogens (primary N) is 1. The normalized spacial score (nSPS) is 13.1. The molecule has 0 radical (unpaired) electrons. The Morgan fingerprint density at radius 2 is 2.28 bits per heavy atom. The van der Waals surface area contributed by atoms with Gasteiger partial charge < -0.3 is 10.7 Å². The summed E-state index contributed by atoms with van der Waals surface area (Å²) >= 11 is 8.60. The van der Waals surface area contributed by atoms with Crippen molar-refractivity contribution in [1.29, 1.82) is 0 Å². The quantitative estimate of drug-likeness (QED) is 0.850. The number of hydrogen-bond acceptors (Lipinski definition) is 3. The third kappa shape index (κ3) is 2.20. The number of fused-ring (bicyclic) bond motifs is 1. The summed E-state index contributed by atoms with van der Waals surface area (Å²) in [5.74, 6) is -0.370. The first-order chi connectivity index (χ1) is 8.41. The summed E-state index contributed by atoms with van der Waals surface area (Å²) in [4.78, 5) is 18.9. The maximum absolute atomic E-state index is 11.6. The molecule has 0 aliphatic rings. The van der Waals surface area contributed by atoms with E-state index in [9.17, 15) is 4.79 Å². The summed E-state index contributed by atoms with van der Waals surface area (Å²) in [6.45, 7) is 3.85. The Kier molecular flexibility index (Phi) is 3.54. The molecule has 18 heavy (non-hydrogen) atoms. The van der Waals surface area contributed by atoms with Crippen LogP contribution >= 0.6 is 28.1 Å². The van der Waals surface area contributed by atoms with Crippen molar-refractivity contribution in [3.05, 3.63) is 21.5 Å². The lowest BCUT2D eigenvalue weighted by Gasteiger charge is -2.19. The van der Waals surface area contributed by atoms with E-state index < -0.39 is 11.9 Å². The number of halogens is 1. The van der Waals surface area contributed by atoms with Gasteiger partial charge >= 0.3 is 0 Å². The van der Waals surface area contributed by atoms with Crippen LogP contribution in [0.4, 0.5) is 0 Å². The van der Waals surface area contributed by atoms with Crippen LogP contribution in [0, 0.1) is 10.7 Å². The molecule has 2 aromatic heterocycles. The van der Waals surface area contributed by atoms with E-state index in [2.05, 4.69) is 25.9 Å². The molecule has 7 heteroatoms. The number of H-pyrrole nitrogens is 1. The van der Waals surface area contributed by atoms with Gasteiger partial charge in [-0.15, -0.1) is 0 Å². The SMILES string of the molecule is CC(C)C(C(N)=O)n1c(=S)[nH]c2cc(Br)cnc21. The minimum Gasteiger partial charge on any atom is -0.368 e. The molecule has 2 aromatic rings. The summed E-state index contributed by atoms with van der Waals surface area (Å²) in [5.41, 5.74) is 6.88. The number of nitrogens with zero attached hydrogens (tertiary/aromatic N) is 2. The van der Waals surface area contributed by atoms with Crippen LogP contribution in [0.5, 0.6) is 0 Å². The van der Waals surface area contributed by atoms with Crippen molar-refractivity contribution in [3.8, 4) is 0 Å². The molecule has 0 saturated carbocycles. The van der Waals surface area contributed by atoms with Crippen molar-refractivity contribution in [1.82, 2.24) is 14.5 Å². The number of carbonyl (C=O) groups is 1. The van der Waals surface area contributed by atoms with Gasteiger partial charge in [-0.25, -0.2) is 4.98 Å². The van der Waals surface area contributed by atoms with Crippen molar-refractivity contribution >= 4 is 45.2 Å².